The second kappa shape index (κ2) is 9.23. The summed E-state index contributed by atoms with van der Waals surface area (Å²) >= 11 is 1.65. The van der Waals surface area contributed by atoms with Crippen molar-refractivity contribution in [2.75, 3.05) is 18.4 Å². The Labute approximate surface area is 219 Å². The number of nitriles is 1. The number of hydrogen-bond donors (Lipinski definition) is 1. The molecule has 9 nitrogen and oxygen atoms in total. The fourth-order valence-electron chi connectivity index (χ4n) is 5.81. The fraction of sp³-hybridized carbons (Fsp3) is 0.407. The summed E-state index contributed by atoms with van der Waals surface area (Å²) in [6.07, 6.45) is 5.70. The van der Waals surface area contributed by atoms with Crippen LogP contribution >= 0.6 is 11.3 Å². The van der Waals surface area contributed by atoms with Gasteiger partial charge in [-0.15, -0.1) is 10.2 Å². The maximum atomic E-state index is 12.0. The van der Waals surface area contributed by atoms with E-state index in [2.05, 4.69) is 40.5 Å². The number of pyridine rings is 1. The van der Waals surface area contributed by atoms with E-state index < -0.39 is 0 Å². The first-order chi connectivity index (χ1) is 17.9. The molecule has 0 radical (unpaired) electrons. The van der Waals surface area contributed by atoms with Gasteiger partial charge in [-0.25, -0.2) is 4.52 Å². The van der Waals surface area contributed by atoms with Gasteiger partial charge in [-0.05, 0) is 62.8 Å². The lowest BCUT2D eigenvalue weighted by atomic mass is 9.85. The van der Waals surface area contributed by atoms with Crippen molar-refractivity contribution in [3.8, 4) is 28.0 Å². The molecule has 1 aliphatic carbocycles. The molecule has 37 heavy (non-hydrogen) atoms. The van der Waals surface area contributed by atoms with E-state index in [-0.39, 0.29) is 11.9 Å². The molecule has 6 rings (SSSR count). The van der Waals surface area contributed by atoms with Crippen molar-refractivity contribution in [3.63, 3.8) is 0 Å². The van der Waals surface area contributed by atoms with Crippen molar-refractivity contribution in [2.24, 2.45) is 11.8 Å². The van der Waals surface area contributed by atoms with E-state index in [0.29, 0.717) is 23.3 Å². The van der Waals surface area contributed by atoms with E-state index in [9.17, 15) is 10.1 Å². The Morgan fingerprint density at radius 3 is 2.65 bits per heavy atom. The van der Waals surface area contributed by atoms with Crippen LogP contribution in [0, 0.1) is 23.2 Å². The first-order valence-electron chi connectivity index (χ1n) is 12.7. The topological polar surface area (TPSA) is 112 Å². The predicted molar refractivity (Wildman–Crippen MR) is 142 cm³/mol. The molecule has 2 unspecified atom stereocenters. The van der Waals surface area contributed by atoms with Gasteiger partial charge < -0.3 is 10.2 Å². The van der Waals surface area contributed by atoms with Crippen molar-refractivity contribution in [2.45, 2.75) is 45.6 Å². The van der Waals surface area contributed by atoms with Crippen LogP contribution in [0.1, 0.15) is 50.1 Å². The molecule has 5 heterocycles. The maximum absolute atomic E-state index is 12.0. The fourth-order valence-corrected chi connectivity index (χ4v) is 6.97. The molecular weight excluding hydrogens is 484 g/mol. The number of carbonyl (C=O) groups is 1. The van der Waals surface area contributed by atoms with Gasteiger partial charge in [0.2, 0.25) is 5.91 Å². The molecule has 10 heteroatoms. The highest BCUT2D eigenvalue weighted by Gasteiger charge is 2.45. The minimum Gasteiger partial charge on any atom is -0.382 e. The molecule has 1 aliphatic heterocycles. The average Bonchev–Trinajstić information content (AvgIpc) is 3.58. The van der Waals surface area contributed by atoms with Crippen molar-refractivity contribution in [3.05, 3.63) is 47.2 Å². The zero-order valence-corrected chi connectivity index (χ0v) is 21.9. The van der Waals surface area contributed by atoms with E-state index in [1.54, 1.807) is 29.0 Å². The number of piperidine rings is 1. The molecule has 188 valence electrons. The van der Waals surface area contributed by atoms with Crippen molar-refractivity contribution in [1.82, 2.24) is 29.7 Å². The molecule has 1 saturated heterocycles. The van der Waals surface area contributed by atoms with E-state index in [4.69, 9.17) is 4.98 Å². The van der Waals surface area contributed by atoms with E-state index in [0.717, 1.165) is 64.1 Å². The van der Waals surface area contributed by atoms with Gasteiger partial charge in [0.1, 0.15) is 11.1 Å². The van der Waals surface area contributed by atoms with E-state index in [1.807, 2.05) is 35.4 Å². The first kappa shape index (κ1) is 23.6. The number of aromatic nitrogens is 5. The van der Waals surface area contributed by atoms with Crippen molar-refractivity contribution < 1.29 is 4.79 Å². The summed E-state index contributed by atoms with van der Waals surface area (Å²) < 4.78 is 1.80. The van der Waals surface area contributed by atoms with Gasteiger partial charge >= 0.3 is 0 Å². The second-order valence-corrected chi connectivity index (χ2v) is 11.3. The number of rotatable bonds is 5. The van der Waals surface area contributed by atoms with Gasteiger partial charge in [0.25, 0.3) is 0 Å². The third-order valence-corrected chi connectivity index (χ3v) is 8.53. The highest BCUT2D eigenvalue weighted by atomic mass is 32.1. The average molecular weight is 513 g/mol. The monoisotopic (exact) mass is 512 g/mol. The maximum Gasteiger partial charge on any atom is 0.219 e. The van der Waals surface area contributed by atoms with E-state index in [1.165, 1.54) is 0 Å². The smallest absolute Gasteiger partial charge is 0.219 e. The van der Waals surface area contributed by atoms with Gasteiger partial charge in [-0.3, -0.25) is 9.78 Å². The lowest BCUT2D eigenvalue weighted by Crippen LogP contribution is -2.43. The third kappa shape index (κ3) is 4.23. The Kier molecular flexibility index (Phi) is 5.88. The number of amides is 1. The van der Waals surface area contributed by atoms with Crippen LogP contribution in [0.25, 0.3) is 27.5 Å². The van der Waals surface area contributed by atoms with Crippen LogP contribution in [0.2, 0.25) is 0 Å². The summed E-state index contributed by atoms with van der Waals surface area (Å²) in [4.78, 5) is 18.7. The van der Waals surface area contributed by atoms with Gasteiger partial charge in [0.05, 0.1) is 34.2 Å². The highest BCUT2D eigenvalue weighted by molar-refractivity contribution is 7.14. The number of nitrogens with zero attached hydrogens (tertiary/aromatic N) is 7. The Morgan fingerprint density at radius 1 is 1.16 bits per heavy atom. The summed E-state index contributed by atoms with van der Waals surface area (Å²) in [7, 11) is 0. The van der Waals surface area contributed by atoms with Gasteiger partial charge in [0, 0.05) is 43.9 Å². The number of hydrogen-bond acceptors (Lipinski definition) is 8. The Hall–Kier alpha value is -3.84. The van der Waals surface area contributed by atoms with Gasteiger partial charge in [0.15, 0.2) is 5.01 Å². The van der Waals surface area contributed by atoms with Crippen molar-refractivity contribution in [1.29, 1.82) is 5.26 Å². The molecule has 0 spiro atoms. The largest absolute Gasteiger partial charge is 0.382 e. The lowest BCUT2D eigenvalue weighted by Gasteiger charge is -2.36. The number of nitrogens with one attached hydrogen (secondary N) is 1. The summed E-state index contributed by atoms with van der Waals surface area (Å²) in [5.41, 5.74) is 4.87. The van der Waals surface area contributed by atoms with Crippen LogP contribution in [0.3, 0.4) is 0 Å². The van der Waals surface area contributed by atoms with Gasteiger partial charge in [-0.1, -0.05) is 11.3 Å². The number of likely N-dealkylation sites (tertiary alicyclic amines) is 1. The molecule has 2 bridgehead atoms. The number of anilines is 1. The predicted octanol–water partition coefficient (Wildman–Crippen LogP) is 4.58. The normalized spacial score (nSPS) is 20.9. The van der Waals surface area contributed by atoms with Crippen LogP contribution in [-0.2, 0) is 4.79 Å². The quantitative estimate of drug-likeness (QED) is 0.417. The summed E-state index contributed by atoms with van der Waals surface area (Å²) in [6, 6.07) is 10.1. The molecule has 1 amide bonds. The Balaban J connectivity index is 1.34. The van der Waals surface area contributed by atoms with Gasteiger partial charge in [-0.2, -0.15) is 10.4 Å². The number of carbonyl (C=O) groups excluding carboxylic acids is 1. The molecule has 0 aromatic carbocycles. The van der Waals surface area contributed by atoms with E-state index >= 15 is 0 Å². The molecule has 1 N–H and O–H groups in total. The van der Waals surface area contributed by atoms with Crippen LogP contribution in [0.4, 0.5) is 5.69 Å². The molecule has 2 fully saturated rings. The van der Waals surface area contributed by atoms with Crippen molar-refractivity contribution >= 4 is 28.4 Å². The molecular formula is C27H28N8OS. The third-order valence-electron chi connectivity index (χ3n) is 7.48. The molecule has 4 aromatic rings. The highest BCUT2D eigenvalue weighted by Crippen LogP contribution is 2.49. The zero-order valence-electron chi connectivity index (χ0n) is 21.0. The van der Waals surface area contributed by atoms with Crippen LogP contribution < -0.4 is 5.32 Å². The molecule has 1 saturated carbocycles. The molecule has 2 atom stereocenters. The minimum absolute atomic E-state index is 0.167. The summed E-state index contributed by atoms with van der Waals surface area (Å²) in [5.74, 6) is 1.44. The standard InChI is InChI=1S/C27H28N8OS/c1-15(2)31-22-9-23(24-7-6-20-8-17(10-28)11-30-35(20)24)29-12-21(22)26-32-33-27(37-26)25-18-4-5-19(25)14-34(13-18)16(3)36/h6-9,11-12,15,18-19,25H,4-5,13-14H2,1-3H3,(H,29,31). The number of fused-ring (bicyclic) bond motifs is 3. The summed E-state index contributed by atoms with van der Waals surface area (Å²) in [6.45, 7) is 7.51. The molecule has 4 aromatic heterocycles. The summed E-state index contributed by atoms with van der Waals surface area (Å²) in [5, 5.41) is 28.4. The van der Waals surface area contributed by atoms with Crippen LogP contribution in [-0.4, -0.2) is 54.7 Å². The van der Waals surface area contributed by atoms with Crippen LogP contribution in [0.5, 0.6) is 0 Å². The van der Waals surface area contributed by atoms with Crippen LogP contribution in [0.15, 0.2) is 36.7 Å². The zero-order chi connectivity index (χ0) is 25.7. The minimum atomic E-state index is 0.167. The molecule has 2 aliphatic rings. The SMILES string of the molecule is CC(=O)N1CC2CCC(C1)C2c1nnc(-c2cnc(-c3ccc4cc(C#N)cnn34)cc2NC(C)C)s1. The lowest BCUT2D eigenvalue weighted by molar-refractivity contribution is -0.131. The Bertz CT molecular complexity index is 1520. The Morgan fingerprint density at radius 2 is 1.95 bits per heavy atom. The first-order valence-corrected chi connectivity index (χ1v) is 13.5. The second-order valence-electron chi connectivity index (χ2n) is 10.3.